The predicted molar refractivity (Wildman–Crippen MR) is 71.8 cm³/mol. The number of benzene rings is 1. The van der Waals surface area contributed by atoms with E-state index in [-0.39, 0.29) is 16.5 Å². The molecular formula is C12H13FN2O2S2. The number of hydrogen-bond donors (Lipinski definition) is 1. The Morgan fingerprint density at radius 2 is 2.26 bits per heavy atom. The first-order valence-electron chi connectivity index (χ1n) is 5.82. The van der Waals surface area contributed by atoms with Gasteiger partial charge in [0.25, 0.3) is 0 Å². The van der Waals surface area contributed by atoms with Gasteiger partial charge in [0.15, 0.2) is 0 Å². The number of nitrogens with one attached hydrogen (secondary N) is 1. The molecule has 2 rings (SSSR count). The van der Waals surface area contributed by atoms with E-state index < -0.39 is 15.8 Å². The van der Waals surface area contributed by atoms with Crippen molar-refractivity contribution in [2.45, 2.75) is 23.8 Å². The Bertz CT molecular complexity index is 605. The second-order valence-corrected chi connectivity index (χ2v) is 7.15. The minimum atomic E-state index is -3.69. The topological polar surface area (TPSA) is 70.0 Å². The highest BCUT2D eigenvalue weighted by Crippen LogP contribution is 2.20. The maximum absolute atomic E-state index is 13.2. The molecule has 1 fully saturated rings. The molecule has 0 bridgehead atoms. The number of nitriles is 1. The summed E-state index contributed by atoms with van der Waals surface area (Å²) in [7, 11) is -3.69. The van der Waals surface area contributed by atoms with E-state index in [1.807, 2.05) is 0 Å². The number of thioether (sulfide) groups is 1. The first-order chi connectivity index (χ1) is 9.03. The number of halogens is 1. The fraction of sp³-hybridized carbons (Fsp3) is 0.417. The summed E-state index contributed by atoms with van der Waals surface area (Å²) in [6.45, 7) is 0. The highest BCUT2D eigenvalue weighted by molar-refractivity contribution is 7.99. The smallest absolute Gasteiger partial charge is 0.207 e. The van der Waals surface area contributed by atoms with Gasteiger partial charge in [0, 0.05) is 11.8 Å². The van der Waals surface area contributed by atoms with Crippen LogP contribution >= 0.6 is 11.8 Å². The highest BCUT2D eigenvalue weighted by Gasteiger charge is 2.22. The molecule has 19 heavy (non-hydrogen) atoms. The van der Waals surface area contributed by atoms with Crippen molar-refractivity contribution in [1.29, 1.82) is 5.26 Å². The van der Waals surface area contributed by atoms with E-state index in [2.05, 4.69) is 4.72 Å². The molecule has 1 unspecified atom stereocenters. The van der Waals surface area contributed by atoms with Gasteiger partial charge >= 0.3 is 0 Å². The maximum atomic E-state index is 13.2. The van der Waals surface area contributed by atoms with Gasteiger partial charge in [-0.1, -0.05) is 0 Å². The zero-order valence-electron chi connectivity index (χ0n) is 10.1. The average molecular weight is 300 g/mol. The van der Waals surface area contributed by atoms with Crippen molar-refractivity contribution in [2.24, 2.45) is 0 Å². The van der Waals surface area contributed by atoms with Gasteiger partial charge in [-0.05, 0) is 36.8 Å². The van der Waals surface area contributed by atoms with E-state index >= 15 is 0 Å². The molecule has 1 aromatic carbocycles. The van der Waals surface area contributed by atoms with Crippen LogP contribution in [0.2, 0.25) is 0 Å². The third-order valence-corrected chi connectivity index (χ3v) is 5.58. The standard InChI is InChI=1S/C12H13FN2O2S2/c13-12-4-3-11(6-9(12)7-14)19(16,17)15-10-2-1-5-18-8-10/h3-4,6,10,15H,1-2,5,8H2. The molecule has 1 atom stereocenters. The summed E-state index contributed by atoms with van der Waals surface area (Å²) < 4.78 is 40.0. The SMILES string of the molecule is N#Cc1cc(S(=O)(=O)NC2CCCSC2)ccc1F. The summed E-state index contributed by atoms with van der Waals surface area (Å²) in [6.07, 6.45) is 1.78. The Kier molecular flexibility index (Phi) is 4.45. The van der Waals surface area contributed by atoms with Gasteiger partial charge < -0.3 is 0 Å². The van der Waals surface area contributed by atoms with Gasteiger partial charge in [-0.25, -0.2) is 17.5 Å². The molecule has 0 amide bonds. The Balaban J connectivity index is 2.21. The van der Waals surface area contributed by atoms with Crippen LogP contribution in [0.5, 0.6) is 0 Å². The summed E-state index contributed by atoms with van der Waals surface area (Å²) in [5.41, 5.74) is -0.263. The number of nitrogens with zero attached hydrogens (tertiary/aromatic N) is 1. The molecular weight excluding hydrogens is 287 g/mol. The minimum Gasteiger partial charge on any atom is -0.207 e. The van der Waals surface area contributed by atoms with Crippen LogP contribution in [0.4, 0.5) is 4.39 Å². The van der Waals surface area contributed by atoms with Crippen LogP contribution in [0.15, 0.2) is 23.1 Å². The van der Waals surface area contributed by atoms with E-state index in [4.69, 9.17) is 5.26 Å². The lowest BCUT2D eigenvalue weighted by Gasteiger charge is -2.22. The molecule has 0 aliphatic carbocycles. The maximum Gasteiger partial charge on any atom is 0.240 e. The molecule has 1 aliphatic heterocycles. The summed E-state index contributed by atoms with van der Waals surface area (Å²) in [5, 5.41) is 8.72. The minimum absolute atomic E-state index is 0.0685. The van der Waals surface area contributed by atoms with Crippen molar-refractivity contribution in [1.82, 2.24) is 4.72 Å². The molecule has 0 spiro atoms. The van der Waals surface area contributed by atoms with Crippen LogP contribution in [0, 0.1) is 17.1 Å². The molecule has 1 aliphatic rings. The lowest BCUT2D eigenvalue weighted by molar-refractivity contribution is 0.542. The molecule has 4 nitrogen and oxygen atoms in total. The molecule has 102 valence electrons. The molecule has 0 aromatic heterocycles. The Labute approximate surface area is 116 Å². The van der Waals surface area contributed by atoms with Crippen LogP contribution in [0.25, 0.3) is 0 Å². The summed E-state index contributed by atoms with van der Waals surface area (Å²) in [6, 6.07) is 4.78. The molecule has 1 heterocycles. The van der Waals surface area contributed by atoms with Gasteiger partial charge in [-0.15, -0.1) is 0 Å². The highest BCUT2D eigenvalue weighted by atomic mass is 32.2. The number of hydrogen-bond acceptors (Lipinski definition) is 4. The first kappa shape index (κ1) is 14.3. The van der Waals surface area contributed by atoms with Gasteiger partial charge in [0.1, 0.15) is 11.9 Å². The van der Waals surface area contributed by atoms with Crippen molar-refractivity contribution in [3.05, 3.63) is 29.6 Å². The number of sulfonamides is 1. The third kappa shape index (κ3) is 3.47. The van der Waals surface area contributed by atoms with E-state index in [9.17, 15) is 12.8 Å². The zero-order chi connectivity index (χ0) is 13.9. The van der Waals surface area contributed by atoms with Crippen LogP contribution < -0.4 is 4.72 Å². The normalized spacial score (nSPS) is 19.9. The average Bonchev–Trinajstić information content (AvgIpc) is 2.39. The van der Waals surface area contributed by atoms with Gasteiger partial charge in [-0.3, -0.25) is 0 Å². The first-order valence-corrected chi connectivity index (χ1v) is 8.46. The second kappa shape index (κ2) is 5.90. The van der Waals surface area contributed by atoms with Crippen molar-refractivity contribution < 1.29 is 12.8 Å². The third-order valence-electron chi connectivity index (χ3n) is 2.85. The Hall–Kier alpha value is -1.10. The largest absolute Gasteiger partial charge is 0.240 e. The summed E-state index contributed by atoms with van der Waals surface area (Å²) >= 11 is 1.71. The van der Waals surface area contributed by atoms with Gasteiger partial charge in [-0.2, -0.15) is 17.0 Å². The second-order valence-electron chi connectivity index (χ2n) is 4.29. The predicted octanol–water partition coefficient (Wildman–Crippen LogP) is 1.87. The molecule has 1 N–H and O–H groups in total. The Morgan fingerprint density at radius 3 is 2.89 bits per heavy atom. The lowest BCUT2D eigenvalue weighted by atomic mass is 10.2. The molecule has 0 saturated carbocycles. The number of rotatable bonds is 3. The van der Waals surface area contributed by atoms with E-state index in [0.717, 1.165) is 36.5 Å². The van der Waals surface area contributed by atoms with Crippen LogP contribution in [0.1, 0.15) is 18.4 Å². The van der Waals surface area contributed by atoms with Gasteiger partial charge in [0.05, 0.1) is 10.5 Å². The zero-order valence-corrected chi connectivity index (χ0v) is 11.7. The van der Waals surface area contributed by atoms with Crippen LogP contribution in [0.3, 0.4) is 0 Å². The van der Waals surface area contributed by atoms with Gasteiger partial charge in [0.2, 0.25) is 10.0 Å². The lowest BCUT2D eigenvalue weighted by Crippen LogP contribution is -2.38. The fourth-order valence-electron chi connectivity index (χ4n) is 1.88. The monoisotopic (exact) mass is 300 g/mol. The van der Waals surface area contributed by atoms with Crippen molar-refractivity contribution in [2.75, 3.05) is 11.5 Å². The van der Waals surface area contributed by atoms with Crippen molar-refractivity contribution in [3.63, 3.8) is 0 Å². The van der Waals surface area contributed by atoms with Crippen molar-refractivity contribution in [3.8, 4) is 6.07 Å². The fourth-order valence-corrected chi connectivity index (χ4v) is 4.35. The van der Waals surface area contributed by atoms with Crippen LogP contribution in [-0.2, 0) is 10.0 Å². The van der Waals surface area contributed by atoms with E-state index in [1.54, 1.807) is 17.8 Å². The molecule has 1 saturated heterocycles. The van der Waals surface area contributed by atoms with E-state index in [1.165, 1.54) is 6.07 Å². The Morgan fingerprint density at radius 1 is 1.47 bits per heavy atom. The molecule has 0 radical (unpaired) electrons. The molecule has 7 heteroatoms. The molecule has 1 aromatic rings. The summed E-state index contributed by atoms with van der Waals surface area (Å²) in [5.74, 6) is 1.08. The van der Waals surface area contributed by atoms with Crippen molar-refractivity contribution >= 4 is 21.8 Å². The van der Waals surface area contributed by atoms with Crippen LogP contribution in [-0.4, -0.2) is 26.0 Å². The quantitative estimate of drug-likeness (QED) is 0.925. The van der Waals surface area contributed by atoms with E-state index in [0.29, 0.717) is 0 Å². The summed E-state index contributed by atoms with van der Waals surface area (Å²) in [4.78, 5) is -0.0685.